The number of fused-ring (bicyclic) bond motifs is 1. The first kappa shape index (κ1) is 22.5. The maximum atomic E-state index is 13.5. The summed E-state index contributed by atoms with van der Waals surface area (Å²) in [7, 11) is 0. The van der Waals surface area contributed by atoms with Crippen molar-refractivity contribution in [3.8, 4) is 0 Å². The first-order chi connectivity index (χ1) is 16.3. The normalized spacial score (nSPS) is 18.4. The second-order valence-corrected chi connectivity index (χ2v) is 10.4. The summed E-state index contributed by atoms with van der Waals surface area (Å²) in [5, 5.41) is 2.57. The van der Waals surface area contributed by atoms with Crippen molar-refractivity contribution in [2.75, 3.05) is 26.2 Å². The van der Waals surface area contributed by atoms with Crippen LogP contribution in [0.5, 0.6) is 0 Å². The van der Waals surface area contributed by atoms with Gasteiger partial charge in [0.25, 0.3) is 5.91 Å². The van der Waals surface area contributed by atoms with E-state index in [9.17, 15) is 4.79 Å². The molecule has 1 amide bonds. The van der Waals surface area contributed by atoms with Crippen LogP contribution in [0.25, 0.3) is 10.8 Å². The SMILES string of the molecule is O=C(c1ccccc1SCc1cccc2ccccc12)N1CCN(C2CCCCCC2)CC1. The molecule has 5 rings (SSSR count). The van der Waals surface area contributed by atoms with E-state index in [0.29, 0.717) is 0 Å². The fraction of sp³-hybridized carbons (Fsp3) is 0.414. The molecule has 3 aromatic rings. The lowest BCUT2D eigenvalue weighted by Gasteiger charge is -2.39. The van der Waals surface area contributed by atoms with Gasteiger partial charge in [0, 0.05) is 42.9 Å². The summed E-state index contributed by atoms with van der Waals surface area (Å²) in [6.45, 7) is 3.72. The van der Waals surface area contributed by atoms with Crippen LogP contribution in [-0.2, 0) is 5.75 Å². The van der Waals surface area contributed by atoms with Crippen molar-refractivity contribution in [2.24, 2.45) is 0 Å². The molecule has 3 nitrogen and oxygen atoms in total. The quantitative estimate of drug-likeness (QED) is 0.317. The van der Waals surface area contributed by atoms with E-state index >= 15 is 0 Å². The van der Waals surface area contributed by atoms with E-state index in [1.807, 2.05) is 18.2 Å². The zero-order valence-electron chi connectivity index (χ0n) is 19.4. The van der Waals surface area contributed by atoms with Crippen molar-refractivity contribution in [3.63, 3.8) is 0 Å². The largest absolute Gasteiger partial charge is 0.336 e. The Morgan fingerprint density at radius 2 is 1.48 bits per heavy atom. The minimum Gasteiger partial charge on any atom is -0.336 e. The van der Waals surface area contributed by atoms with Gasteiger partial charge in [-0.05, 0) is 41.3 Å². The monoisotopic (exact) mass is 458 g/mol. The number of amides is 1. The first-order valence-corrected chi connectivity index (χ1v) is 13.5. The summed E-state index contributed by atoms with van der Waals surface area (Å²) in [6, 6.07) is 23.9. The van der Waals surface area contributed by atoms with Crippen molar-refractivity contribution in [2.45, 2.75) is 55.2 Å². The van der Waals surface area contributed by atoms with Crippen LogP contribution in [0, 0.1) is 0 Å². The fourth-order valence-electron chi connectivity index (χ4n) is 5.43. The topological polar surface area (TPSA) is 23.6 Å². The van der Waals surface area contributed by atoms with Crippen molar-refractivity contribution in [1.29, 1.82) is 0 Å². The van der Waals surface area contributed by atoms with Gasteiger partial charge in [0.2, 0.25) is 0 Å². The Balaban J connectivity index is 1.24. The van der Waals surface area contributed by atoms with Crippen LogP contribution in [-0.4, -0.2) is 47.9 Å². The summed E-state index contributed by atoms with van der Waals surface area (Å²) in [5.74, 6) is 1.05. The Labute approximate surface area is 202 Å². The molecule has 2 aliphatic rings. The van der Waals surface area contributed by atoms with Gasteiger partial charge in [-0.25, -0.2) is 0 Å². The number of rotatable bonds is 5. The Morgan fingerprint density at radius 1 is 0.788 bits per heavy atom. The van der Waals surface area contributed by atoms with Crippen molar-refractivity contribution in [1.82, 2.24) is 9.80 Å². The molecule has 4 heteroatoms. The molecule has 33 heavy (non-hydrogen) atoms. The zero-order valence-corrected chi connectivity index (χ0v) is 20.2. The smallest absolute Gasteiger partial charge is 0.255 e. The summed E-state index contributed by atoms with van der Waals surface area (Å²) >= 11 is 1.77. The Morgan fingerprint density at radius 3 is 2.30 bits per heavy atom. The van der Waals surface area contributed by atoms with Gasteiger partial charge in [-0.3, -0.25) is 9.69 Å². The number of piperazine rings is 1. The summed E-state index contributed by atoms with van der Waals surface area (Å²) in [5.41, 5.74) is 2.17. The van der Waals surface area contributed by atoms with E-state index in [4.69, 9.17) is 0 Å². The number of hydrogen-bond acceptors (Lipinski definition) is 3. The van der Waals surface area contributed by atoms with E-state index in [1.54, 1.807) is 11.8 Å². The minimum atomic E-state index is 0.191. The van der Waals surface area contributed by atoms with Gasteiger partial charge in [-0.15, -0.1) is 11.8 Å². The highest BCUT2D eigenvalue weighted by molar-refractivity contribution is 7.98. The highest BCUT2D eigenvalue weighted by Gasteiger charge is 2.27. The fourth-order valence-corrected chi connectivity index (χ4v) is 6.47. The molecule has 0 atom stereocenters. The van der Waals surface area contributed by atoms with E-state index in [1.165, 1.54) is 54.9 Å². The summed E-state index contributed by atoms with van der Waals surface area (Å²) in [6.07, 6.45) is 8.18. The third-order valence-electron chi connectivity index (χ3n) is 7.32. The molecule has 0 N–H and O–H groups in total. The summed E-state index contributed by atoms with van der Waals surface area (Å²) in [4.78, 5) is 19.3. The number of thioether (sulfide) groups is 1. The number of carbonyl (C=O) groups is 1. The van der Waals surface area contributed by atoms with Crippen LogP contribution in [0.3, 0.4) is 0 Å². The highest BCUT2D eigenvalue weighted by Crippen LogP contribution is 2.31. The molecule has 0 unspecified atom stereocenters. The van der Waals surface area contributed by atoms with Crippen molar-refractivity contribution in [3.05, 3.63) is 77.9 Å². The summed E-state index contributed by atoms with van der Waals surface area (Å²) < 4.78 is 0. The molecule has 0 radical (unpaired) electrons. The predicted octanol–water partition coefficient (Wildman–Crippen LogP) is 6.61. The van der Waals surface area contributed by atoms with Crippen LogP contribution < -0.4 is 0 Å². The first-order valence-electron chi connectivity index (χ1n) is 12.5. The van der Waals surface area contributed by atoms with E-state index in [-0.39, 0.29) is 5.91 Å². The molecular weight excluding hydrogens is 424 g/mol. The van der Waals surface area contributed by atoms with Gasteiger partial charge in [0.15, 0.2) is 0 Å². The molecule has 0 aromatic heterocycles. The molecule has 1 saturated heterocycles. The van der Waals surface area contributed by atoms with Gasteiger partial charge >= 0.3 is 0 Å². The lowest BCUT2D eigenvalue weighted by molar-refractivity contribution is 0.0548. The van der Waals surface area contributed by atoms with Gasteiger partial charge in [0.1, 0.15) is 0 Å². The van der Waals surface area contributed by atoms with Gasteiger partial charge in [-0.1, -0.05) is 80.3 Å². The Hall–Kier alpha value is -2.30. The Bertz CT molecular complexity index is 1080. The van der Waals surface area contributed by atoms with Gasteiger partial charge in [0.05, 0.1) is 5.56 Å². The Kier molecular flexibility index (Phi) is 7.33. The third kappa shape index (κ3) is 5.28. The van der Waals surface area contributed by atoms with Gasteiger partial charge in [-0.2, -0.15) is 0 Å². The molecule has 1 saturated carbocycles. The third-order valence-corrected chi connectivity index (χ3v) is 8.45. The molecule has 1 aliphatic carbocycles. The maximum absolute atomic E-state index is 13.5. The molecule has 1 heterocycles. The minimum absolute atomic E-state index is 0.191. The second kappa shape index (κ2) is 10.8. The number of nitrogens with zero attached hydrogens (tertiary/aromatic N) is 2. The molecule has 172 valence electrons. The second-order valence-electron chi connectivity index (χ2n) is 9.40. The molecule has 0 bridgehead atoms. The molecule has 1 aliphatic heterocycles. The average Bonchev–Trinajstić information content (AvgIpc) is 3.17. The predicted molar refractivity (Wildman–Crippen MR) is 139 cm³/mol. The van der Waals surface area contributed by atoms with Crippen molar-refractivity contribution < 1.29 is 4.79 Å². The number of benzene rings is 3. The van der Waals surface area contributed by atoms with Crippen LogP contribution in [0.2, 0.25) is 0 Å². The van der Waals surface area contributed by atoms with E-state index in [0.717, 1.165) is 48.4 Å². The standard InChI is InChI=1S/C29H34N2OS/c32-29(31-20-18-30(19-21-31)25-13-3-1-2-4-14-25)27-16-7-8-17-28(27)33-22-24-12-9-11-23-10-5-6-15-26(23)24/h5-12,15-17,25H,1-4,13-14,18-22H2. The number of carbonyl (C=O) groups excluding carboxylic acids is 1. The molecule has 0 spiro atoms. The van der Waals surface area contributed by atoms with Crippen LogP contribution in [0.15, 0.2) is 71.6 Å². The molecular formula is C29H34N2OS. The number of hydrogen-bond donors (Lipinski definition) is 0. The highest BCUT2D eigenvalue weighted by atomic mass is 32.2. The van der Waals surface area contributed by atoms with Gasteiger partial charge < -0.3 is 4.90 Å². The molecule has 2 fully saturated rings. The lowest BCUT2D eigenvalue weighted by atomic mass is 10.1. The van der Waals surface area contributed by atoms with Crippen LogP contribution in [0.1, 0.15) is 54.4 Å². The van der Waals surface area contributed by atoms with Crippen molar-refractivity contribution >= 4 is 28.4 Å². The maximum Gasteiger partial charge on any atom is 0.255 e. The lowest BCUT2D eigenvalue weighted by Crippen LogP contribution is -2.52. The zero-order chi connectivity index (χ0) is 22.5. The van der Waals surface area contributed by atoms with Crippen LogP contribution >= 0.6 is 11.8 Å². The average molecular weight is 459 g/mol. The van der Waals surface area contributed by atoms with E-state index in [2.05, 4.69) is 58.3 Å². The van der Waals surface area contributed by atoms with E-state index < -0.39 is 0 Å². The molecule has 3 aromatic carbocycles. The van der Waals surface area contributed by atoms with Crippen LogP contribution in [0.4, 0.5) is 0 Å².